The number of benzene rings is 1. The van der Waals surface area contributed by atoms with Gasteiger partial charge in [0.05, 0.1) is 10.2 Å². The Morgan fingerprint density at radius 1 is 1.43 bits per heavy atom. The minimum Gasteiger partial charge on any atom is -0.299 e. The highest BCUT2D eigenvalue weighted by atomic mass is 35.5. The maximum atomic E-state index is 12.4. The molecular weight excluding hydrogens is 359 g/mol. The SMILES string of the molecule is CC1CN(C(C=O)n2c(=O)sc3ccc(Cl)cc32)CCN1N.Cl. The molecule has 0 amide bonds. The van der Waals surface area contributed by atoms with E-state index in [1.165, 1.54) is 4.57 Å². The number of aldehydes is 1. The van der Waals surface area contributed by atoms with Gasteiger partial charge >= 0.3 is 4.87 Å². The number of carbonyl (C=O) groups excluding carboxylic acids is 1. The first-order chi connectivity index (χ1) is 10.5. The molecule has 1 fully saturated rings. The Kier molecular flexibility index (Phi) is 5.83. The van der Waals surface area contributed by atoms with Gasteiger partial charge in [0, 0.05) is 30.7 Å². The third-order valence-corrected chi connectivity index (χ3v) is 5.22. The summed E-state index contributed by atoms with van der Waals surface area (Å²) in [7, 11) is 0. The van der Waals surface area contributed by atoms with Crippen molar-refractivity contribution in [3.63, 3.8) is 0 Å². The lowest BCUT2D eigenvalue weighted by molar-refractivity contribution is -0.116. The fraction of sp³-hybridized carbons (Fsp3) is 0.429. The lowest BCUT2D eigenvalue weighted by atomic mass is 10.2. The maximum absolute atomic E-state index is 12.4. The first-order valence-corrected chi connectivity index (χ1v) is 8.22. The van der Waals surface area contributed by atoms with E-state index in [1.54, 1.807) is 17.1 Å². The average Bonchev–Trinajstić information content (AvgIpc) is 2.80. The lowest BCUT2D eigenvalue weighted by Crippen LogP contribution is -2.56. The second-order valence-electron chi connectivity index (χ2n) is 5.48. The highest BCUT2D eigenvalue weighted by Gasteiger charge is 2.29. The van der Waals surface area contributed by atoms with Crippen molar-refractivity contribution in [1.29, 1.82) is 0 Å². The van der Waals surface area contributed by atoms with Crippen molar-refractivity contribution in [2.24, 2.45) is 5.84 Å². The fourth-order valence-electron chi connectivity index (χ4n) is 2.81. The predicted octanol–water partition coefficient (Wildman–Crippen LogP) is 1.72. The molecule has 6 nitrogen and oxygen atoms in total. The van der Waals surface area contributed by atoms with Gasteiger partial charge in [-0.15, -0.1) is 12.4 Å². The van der Waals surface area contributed by atoms with Gasteiger partial charge in [-0.2, -0.15) is 0 Å². The summed E-state index contributed by atoms with van der Waals surface area (Å²) in [6.07, 6.45) is 0.184. The van der Waals surface area contributed by atoms with Crippen molar-refractivity contribution in [2.75, 3.05) is 19.6 Å². The Labute approximate surface area is 148 Å². The van der Waals surface area contributed by atoms with Crippen LogP contribution in [0.15, 0.2) is 23.0 Å². The van der Waals surface area contributed by atoms with Crippen molar-refractivity contribution in [3.8, 4) is 0 Å². The van der Waals surface area contributed by atoms with Gasteiger partial charge in [0.15, 0.2) is 6.29 Å². The standard InChI is InChI=1S/C14H17ClN4O2S.ClH/c1-9-7-17(4-5-18(9)16)13(8-20)19-11-6-10(15)2-3-12(11)22-14(19)21;/h2-3,6,8-9,13H,4-5,7,16H2,1H3;1H. The molecule has 1 aliphatic rings. The van der Waals surface area contributed by atoms with Gasteiger partial charge in [-0.25, -0.2) is 5.01 Å². The van der Waals surface area contributed by atoms with E-state index in [-0.39, 0.29) is 23.3 Å². The smallest absolute Gasteiger partial charge is 0.299 e. The fourth-order valence-corrected chi connectivity index (χ4v) is 3.86. The Morgan fingerprint density at radius 2 is 2.17 bits per heavy atom. The number of hydrogen-bond donors (Lipinski definition) is 1. The van der Waals surface area contributed by atoms with Crippen LogP contribution in [0.4, 0.5) is 0 Å². The van der Waals surface area contributed by atoms with Crippen LogP contribution in [0, 0.1) is 0 Å². The summed E-state index contributed by atoms with van der Waals surface area (Å²) in [6.45, 7) is 3.92. The second-order valence-corrected chi connectivity index (χ2v) is 6.91. The van der Waals surface area contributed by atoms with E-state index in [4.69, 9.17) is 17.4 Å². The zero-order valence-electron chi connectivity index (χ0n) is 12.5. The molecule has 9 heteroatoms. The van der Waals surface area contributed by atoms with Gasteiger partial charge in [0.25, 0.3) is 0 Å². The van der Waals surface area contributed by atoms with Gasteiger partial charge in [0.1, 0.15) is 6.17 Å². The molecule has 2 atom stereocenters. The lowest BCUT2D eigenvalue weighted by Gasteiger charge is -2.39. The summed E-state index contributed by atoms with van der Waals surface area (Å²) in [4.78, 5) is 25.9. The van der Waals surface area contributed by atoms with Crippen LogP contribution in [0.5, 0.6) is 0 Å². The summed E-state index contributed by atoms with van der Waals surface area (Å²) < 4.78 is 2.35. The number of hydrazine groups is 1. The van der Waals surface area contributed by atoms with Crippen LogP contribution in [0.25, 0.3) is 10.2 Å². The second kappa shape index (κ2) is 7.29. The molecule has 2 aromatic rings. The third-order valence-electron chi connectivity index (χ3n) is 4.05. The number of hydrogen-bond acceptors (Lipinski definition) is 6. The van der Waals surface area contributed by atoms with Crippen LogP contribution in [0.2, 0.25) is 5.02 Å². The van der Waals surface area contributed by atoms with Crippen LogP contribution >= 0.6 is 35.3 Å². The zero-order valence-corrected chi connectivity index (χ0v) is 14.9. The molecule has 3 rings (SSSR count). The van der Waals surface area contributed by atoms with E-state index in [0.29, 0.717) is 30.2 Å². The normalized spacial score (nSPS) is 21.1. The van der Waals surface area contributed by atoms with Crippen LogP contribution in [-0.4, -0.2) is 46.4 Å². The zero-order chi connectivity index (χ0) is 15.9. The minimum atomic E-state index is -0.629. The van der Waals surface area contributed by atoms with Crippen LogP contribution < -0.4 is 10.7 Å². The van der Waals surface area contributed by atoms with Crippen LogP contribution in [0.1, 0.15) is 13.1 Å². The van der Waals surface area contributed by atoms with Crippen molar-refractivity contribution >= 4 is 51.8 Å². The molecular formula is C14H18Cl2N4O2S. The number of aromatic nitrogens is 1. The molecule has 1 aromatic carbocycles. The molecule has 0 bridgehead atoms. The monoisotopic (exact) mass is 376 g/mol. The van der Waals surface area contributed by atoms with E-state index in [2.05, 4.69) is 0 Å². The molecule has 1 saturated heterocycles. The number of fused-ring (bicyclic) bond motifs is 1. The Bertz CT molecular complexity index is 763. The van der Waals surface area contributed by atoms with E-state index in [0.717, 1.165) is 22.3 Å². The number of nitrogens with two attached hydrogens (primary N) is 1. The highest BCUT2D eigenvalue weighted by molar-refractivity contribution is 7.16. The largest absolute Gasteiger partial charge is 0.309 e. The summed E-state index contributed by atoms with van der Waals surface area (Å²) in [5, 5.41) is 2.30. The molecule has 1 aromatic heterocycles. The number of nitrogens with zero attached hydrogens (tertiary/aromatic N) is 3. The molecule has 2 unspecified atom stereocenters. The average molecular weight is 377 g/mol. The Balaban J connectivity index is 0.00000192. The van der Waals surface area contributed by atoms with Crippen molar-refractivity contribution < 1.29 is 4.79 Å². The third kappa shape index (κ3) is 3.45. The molecule has 23 heavy (non-hydrogen) atoms. The molecule has 0 aliphatic carbocycles. The number of halogens is 2. The molecule has 0 spiro atoms. The van der Waals surface area contributed by atoms with Gasteiger partial charge in [0.2, 0.25) is 0 Å². The molecule has 1 aliphatic heterocycles. The van der Waals surface area contributed by atoms with Crippen molar-refractivity contribution in [1.82, 2.24) is 14.5 Å². The topological polar surface area (TPSA) is 71.6 Å². The van der Waals surface area contributed by atoms with Gasteiger partial charge < -0.3 is 0 Å². The first kappa shape index (κ1) is 18.4. The summed E-state index contributed by atoms with van der Waals surface area (Å²) in [5.41, 5.74) is 0.697. The quantitative estimate of drug-likeness (QED) is 0.652. The van der Waals surface area contributed by atoms with E-state index >= 15 is 0 Å². The Hall–Kier alpha value is -0.960. The number of piperazine rings is 1. The van der Waals surface area contributed by atoms with Crippen LogP contribution in [0.3, 0.4) is 0 Å². The number of carbonyl (C=O) groups is 1. The van der Waals surface area contributed by atoms with Gasteiger partial charge in [-0.1, -0.05) is 22.9 Å². The molecule has 2 heterocycles. The molecule has 126 valence electrons. The predicted molar refractivity (Wildman–Crippen MR) is 95.4 cm³/mol. The molecule has 2 N–H and O–H groups in total. The van der Waals surface area contributed by atoms with Crippen LogP contribution in [-0.2, 0) is 4.79 Å². The number of rotatable bonds is 3. The highest BCUT2D eigenvalue weighted by Crippen LogP contribution is 2.25. The molecule has 0 saturated carbocycles. The van der Waals surface area contributed by atoms with E-state index in [1.807, 2.05) is 17.9 Å². The Morgan fingerprint density at radius 3 is 2.83 bits per heavy atom. The van der Waals surface area contributed by atoms with Crippen molar-refractivity contribution in [2.45, 2.75) is 19.1 Å². The van der Waals surface area contributed by atoms with Gasteiger partial charge in [-0.3, -0.25) is 24.9 Å². The summed E-state index contributed by atoms with van der Waals surface area (Å²) in [5.74, 6) is 5.88. The summed E-state index contributed by atoms with van der Waals surface area (Å²) in [6, 6.07) is 5.41. The maximum Gasteiger partial charge on any atom is 0.309 e. The summed E-state index contributed by atoms with van der Waals surface area (Å²) >= 11 is 7.16. The number of thiazole rings is 1. The van der Waals surface area contributed by atoms with Crippen molar-refractivity contribution in [3.05, 3.63) is 32.9 Å². The minimum absolute atomic E-state index is 0. The van der Waals surface area contributed by atoms with Gasteiger partial charge in [-0.05, 0) is 25.1 Å². The van der Waals surface area contributed by atoms with E-state index in [9.17, 15) is 9.59 Å². The van der Waals surface area contributed by atoms with E-state index < -0.39 is 6.17 Å². The molecule has 0 radical (unpaired) electrons. The first-order valence-electron chi connectivity index (χ1n) is 7.02.